The smallest absolute Gasteiger partial charge is 0.240 e. The van der Waals surface area contributed by atoms with Crippen molar-refractivity contribution >= 4 is 27.6 Å². The summed E-state index contributed by atoms with van der Waals surface area (Å²) in [6, 6.07) is 11.9. The van der Waals surface area contributed by atoms with E-state index in [1.807, 2.05) is 6.07 Å². The van der Waals surface area contributed by atoms with Crippen LogP contribution in [-0.4, -0.2) is 46.0 Å². The van der Waals surface area contributed by atoms with Crippen LogP contribution in [0.15, 0.2) is 58.5 Å². The molecule has 9 heteroatoms. The van der Waals surface area contributed by atoms with Crippen LogP contribution in [0.25, 0.3) is 0 Å². The highest BCUT2D eigenvalue weighted by Gasteiger charge is 2.11. The average molecular weight is 396 g/mol. The summed E-state index contributed by atoms with van der Waals surface area (Å²) in [5, 5.41) is 6.70. The van der Waals surface area contributed by atoms with Gasteiger partial charge in [-0.05, 0) is 30.2 Å². The molecule has 0 bridgehead atoms. The Morgan fingerprint density at radius 3 is 2.46 bits per heavy atom. The van der Waals surface area contributed by atoms with Gasteiger partial charge in [0, 0.05) is 32.9 Å². The van der Waals surface area contributed by atoms with E-state index in [2.05, 4.69) is 25.3 Å². The molecule has 26 heavy (non-hydrogen) atoms. The minimum atomic E-state index is -3.49. The van der Waals surface area contributed by atoms with Crippen molar-refractivity contribution in [2.75, 3.05) is 26.7 Å². The highest BCUT2D eigenvalue weighted by Crippen LogP contribution is 2.06. The lowest BCUT2D eigenvalue weighted by atomic mass is 10.2. The first-order chi connectivity index (χ1) is 12.5. The highest BCUT2D eigenvalue weighted by atomic mass is 35.5. The Hall–Kier alpha value is -2.16. The van der Waals surface area contributed by atoms with E-state index in [9.17, 15) is 8.42 Å². The number of sulfonamides is 1. The third kappa shape index (κ3) is 6.62. The SMILES string of the molecule is CN=C(NCCNS(=O)(=O)c1ccccc1)NCCc1ccc(Cl)nc1. The van der Waals surface area contributed by atoms with Gasteiger partial charge in [0.1, 0.15) is 5.15 Å². The molecule has 0 spiro atoms. The number of halogens is 1. The van der Waals surface area contributed by atoms with Crippen LogP contribution in [0.4, 0.5) is 0 Å². The number of hydrogen-bond donors (Lipinski definition) is 3. The van der Waals surface area contributed by atoms with Crippen molar-refractivity contribution in [2.24, 2.45) is 4.99 Å². The molecule has 0 saturated carbocycles. The van der Waals surface area contributed by atoms with Gasteiger partial charge in [0.15, 0.2) is 5.96 Å². The van der Waals surface area contributed by atoms with Crippen molar-refractivity contribution in [3.63, 3.8) is 0 Å². The van der Waals surface area contributed by atoms with Gasteiger partial charge in [0.25, 0.3) is 0 Å². The lowest BCUT2D eigenvalue weighted by molar-refractivity contribution is 0.580. The molecule has 0 unspecified atom stereocenters. The van der Waals surface area contributed by atoms with Crippen molar-refractivity contribution < 1.29 is 8.42 Å². The third-order valence-electron chi connectivity index (χ3n) is 3.48. The second-order valence-corrected chi connectivity index (χ2v) is 7.53. The van der Waals surface area contributed by atoms with E-state index in [1.165, 1.54) is 0 Å². The maximum Gasteiger partial charge on any atom is 0.240 e. The van der Waals surface area contributed by atoms with Gasteiger partial charge in [-0.15, -0.1) is 0 Å². The van der Waals surface area contributed by atoms with Crippen LogP contribution in [0.1, 0.15) is 5.56 Å². The first-order valence-corrected chi connectivity index (χ1v) is 9.97. The fraction of sp³-hybridized carbons (Fsp3) is 0.294. The number of guanidine groups is 1. The number of nitrogens with zero attached hydrogens (tertiary/aromatic N) is 2. The topological polar surface area (TPSA) is 95.5 Å². The Kier molecular flexibility index (Phi) is 7.83. The number of pyridine rings is 1. The molecule has 0 atom stereocenters. The summed E-state index contributed by atoms with van der Waals surface area (Å²) in [7, 11) is -1.83. The van der Waals surface area contributed by atoms with Crippen molar-refractivity contribution in [1.29, 1.82) is 0 Å². The number of hydrogen-bond acceptors (Lipinski definition) is 4. The first kappa shape index (κ1) is 20.2. The predicted molar refractivity (Wildman–Crippen MR) is 104 cm³/mol. The van der Waals surface area contributed by atoms with E-state index in [0.29, 0.717) is 24.2 Å². The fourth-order valence-corrected chi connectivity index (χ4v) is 3.31. The minimum Gasteiger partial charge on any atom is -0.356 e. The normalized spacial score (nSPS) is 12.0. The van der Waals surface area contributed by atoms with Crippen LogP contribution in [0, 0.1) is 0 Å². The zero-order chi connectivity index (χ0) is 18.8. The number of aromatic nitrogens is 1. The zero-order valence-electron chi connectivity index (χ0n) is 14.4. The molecule has 0 aliphatic carbocycles. The Morgan fingerprint density at radius 1 is 1.08 bits per heavy atom. The van der Waals surface area contributed by atoms with E-state index >= 15 is 0 Å². The Morgan fingerprint density at radius 2 is 1.81 bits per heavy atom. The molecule has 1 aromatic heterocycles. The van der Waals surface area contributed by atoms with E-state index in [4.69, 9.17) is 11.6 Å². The predicted octanol–water partition coefficient (Wildman–Crippen LogP) is 1.42. The van der Waals surface area contributed by atoms with Gasteiger partial charge < -0.3 is 10.6 Å². The van der Waals surface area contributed by atoms with Crippen molar-refractivity contribution in [3.8, 4) is 0 Å². The van der Waals surface area contributed by atoms with Crippen LogP contribution in [-0.2, 0) is 16.4 Å². The summed E-state index contributed by atoms with van der Waals surface area (Å²) in [6.45, 7) is 1.33. The Labute approximate surface area is 159 Å². The molecule has 0 amide bonds. The molecule has 2 rings (SSSR count). The van der Waals surface area contributed by atoms with Crippen molar-refractivity contribution in [1.82, 2.24) is 20.3 Å². The summed E-state index contributed by atoms with van der Waals surface area (Å²) < 4.78 is 26.7. The maximum absolute atomic E-state index is 12.1. The summed E-state index contributed by atoms with van der Waals surface area (Å²) in [4.78, 5) is 8.39. The Balaban J connectivity index is 1.69. The molecule has 7 nitrogen and oxygen atoms in total. The average Bonchev–Trinajstić information content (AvgIpc) is 2.66. The third-order valence-corrected chi connectivity index (χ3v) is 5.18. The highest BCUT2D eigenvalue weighted by molar-refractivity contribution is 7.89. The van der Waals surface area contributed by atoms with Crippen LogP contribution in [0.2, 0.25) is 5.15 Å². The van der Waals surface area contributed by atoms with Crippen LogP contribution in [0.5, 0.6) is 0 Å². The molecular weight excluding hydrogens is 374 g/mol. The number of aliphatic imine (C=N–C) groups is 1. The zero-order valence-corrected chi connectivity index (χ0v) is 16.0. The molecular formula is C17H22ClN5O2S. The summed E-state index contributed by atoms with van der Waals surface area (Å²) >= 11 is 5.76. The van der Waals surface area contributed by atoms with E-state index < -0.39 is 10.0 Å². The fourth-order valence-electron chi connectivity index (χ4n) is 2.15. The van der Waals surface area contributed by atoms with Gasteiger partial charge in [0.05, 0.1) is 4.90 Å². The molecule has 2 aromatic rings. The molecule has 0 aliphatic rings. The second-order valence-electron chi connectivity index (χ2n) is 5.38. The summed E-state index contributed by atoms with van der Waals surface area (Å²) in [5.41, 5.74) is 1.06. The Bertz CT molecular complexity index is 811. The molecule has 0 saturated heterocycles. The van der Waals surface area contributed by atoms with Gasteiger partial charge in [-0.3, -0.25) is 4.99 Å². The minimum absolute atomic E-state index is 0.249. The molecule has 1 aromatic carbocycles. The van der Waals surface area contributed by atoms with Crippen LogP contribution >= 0.6 is 11.6 Å². The molecule has 0 aliphatic heterocycles. The van der Waals surface area contributed by atoms with Crippen LogP contribution < -0.4 is 15.4 Å². The summed E-state index contributed by atoms with van der Waals surface area (Å²) in [6.07, 6.45) is 2.50. The van der Waals surface area contributed by atoms with E-state index in [0.717, 1.165) is 12.0 Å². The molecule has 3 N–H and O–H groups in total. The lowest BCUT2D eigenvalue weighted by Crippen LogP contribution is -2.42. The van der Waals surface area contributed by atoms with Crippen LogP contribution in [0.3, 0.4) is 0 Å². The number of nitrogens with one attached hydrogen (secondary N) is 3. The van der Waals surface area contributed by atoms with Crippen molar-refractivity contribution in [2.45, 2.75) is 11.3 Å². The molecule has 140 valence electrons. The molecule has 0 fully saturated rings. The maximum atomic E-state index is 12.1. The number of benzene rings is 1. The van der Waals surface area contributed by atoms with Gasteiger partial charge in [-0.1, -0.05) is 35.9 Å². The monoisotopic (exact) mass is 395 g/mol. The molecule has 0 radical (unpaired) electrons. The second kappa shape index (κ2) is 10.1. The van der Waals surface area contributed by atoms with E-state index in [-0.39, 0.29) is 11.4 Å². The quantitative estimate of drug-likeness (QED) is 0.272. The standard InChI is InChI=1S/C17H22ClN5O2S/c1-19-17(20-10-9-14-7-8-16(18)22-13-14)21-11-12-23-26(24,25)15-5-3-2-4-6-15/h2-8,13,23H,9-12H2,1H3,(H2,19,20,21). The molecule has 1 heterocycles. The van der Waals surface area contributed by atoms with Crippen molar-refractivity contribution in [3.05, 3.63) is 59.4 Å². The van der Waals surface area contributed by atoms with Gasteiger partial charge in [0.2, 0.25) is 10.0 Å². The van der Waals surface area contributed by atoms with Gasteiger partial charge >= 0.3 is 0 Å². The van der Waals surface area contributed by atoms with E-state index in [1.54, 1.807) is 49.6 Å². The van der Waals surface area contributed by atoms with Gasteiger partial charge in [-0.25, -0.2) is 18.1 Å². The van der Waals surface area contributed by atoms with Gasteiger partial charge in [-0.2, -0.15) is 0 Å². The lowest BCUT2D eigenvalue weighted by Gasteiger charge is -2.12. The largest absolute Gasteiger partial charge is 0.356 e. The first-order valence-electron chi connectivity index (χ1n) is 8.11. The summed E-state index contributed by atoms with van der Waals surface area (Å²) in [5.74, 6) is 0.603. The number of rotatable bonds is 8.